The normalized spacial score (nSPS) is 12.2. The molecule has 1 aromatic carbocycles. The van der Waals surface area contributed by atoms with E-state index >= 15 is 0 Å². The fraction of sp³-hybridized carbons (Fsp3) is 0.333. The average molecular weight is 310 g/mol. The number of nitrogens with zero attached hydrogens (tertiary/aromatic N) is 2. The summed E-state index contributed by atoms with van der Waals surface area (Å²) in [5.74, 6) is -0.219. The van der Waals surface area contributed by atoms with Gasteiger partial charge in [0.05, 0.1) is 18.3 Å². The van der Waals surface area contributed by atoms with Crippen LogP contribution in [0.3, 0.4) is 0 Å². The quantitative estimate of drug-likeness (QED) is 0.830. The number of hydrogen-bond donors (Lipinski definition) is 1. The minimum absolute atomic E-state index is 0.191. The first kappa shape index (κ1) is 15.7. The minimum Gasteiger partial charge on any atom is -0.491 e. The molecule has 0 spiro atoms. The van der Waals surface area contributed by atoms with E-state index in [1.54, 1.807) is 12.1 Å². The molecule has 0 saturated heterocycles. The van der Waals surface area contributed by atoms with Crippen LogP contribution in [0.5, 0.6) is 5.75 Å². The summed E-state index contributed by atoms with van der Waals surface area (Å²) in [6.45, 7) is 2.51. The molecule has 0 bridgehead atoms. The number of halogens is 2. The summed E-state index contributed by atoms with van der Waals surface area (Å²) in [5, 5.41) is 0.239. The van der Waals surface area contributed by atoms with E-state index in [-0.39, 0.29) is 10.9 Å². The average Bonchev–Trinajstić information content (AvgIpc) is 2.49. The lowest BCUT2D eigenvalue weighted by Crippen LogP contribution is -2.15. The van der Waals surface area contributed by atoms with Crippen molar-refractivity contribution in [2.45, 2.75) is 25.8 Å². The van der Waals surface area contributed by atoms with Gasteiger partial charge in [-0.2, -0.15) is 0 Å². The van der Waals surface area contributed by atoms with E-state index in [1.165, 1.54) is 18.5 Å². The van der Waals surface area contributed by atoms with Crippen LogP contribution in [-0.2, 0) is 0 Å². The smallest absolute Gasteiger partial charge is 0.165 e. The first-order chi connectivity index (χ1) is 10.1. The third-order valence-corrected chi connectivity index (χ3v) is 3.34. The van der Waals surface area contributed by atoms with Crippen LogP contribution >= 0.6 is 11.6 Å². The van der Waals surface area contributed by atoms with Crippen molar-refractivity contribution >= 4 is 11.6 Å². The maximum atomic E-state index is 13.7. The van der Waals surface area contributed by atoms with E-state index in [0.29, 0.717) is 17.9 Å². The second kappa shape index (κ2) is 7.33. The number of benzene rings is 1. The van der Waals surface area contributed by atoms with Crippen molar-refractivity contribution in [1.29, 1.82) is 0 Å². The van der Waals surface area contributed by atoms with Crippen molar-refractivity contribution in [2.24, 2.45) is 5.73 Å². The van der Waals surface area contributed by atoms with Crippen LogP contribution in [-0.4, -0.2) is 16.6 Å². The Kier molecular flexibility index (Phi) is 5.47. The molecule has 1 unspecified atom stereocenters. The number of nitrogens with two attached hydrogens (primary N) is 1. The first-order valence-electron chi connectivity index (χ1n) is 6.77. The Morgan fingerprint density at radius 1 is 1.33 bits per heavy atom. The molecular formula is C15H17ClFN3O. The fourth-order valence-electron chi connectivity index (χ4n) is 1.85. The molecule has 0 amide bonds. The maximum absolute atomic E-state index is 13.7. The monoisotopic (exact) mass is 309 g/mol. The lowest BCUT2D eigenvalue weighted by molar-refractivity contribution is 0.294. The van der Waals surface area contributed by atoms with Gasteiger partial charge in [-0.15, -0.1) is 0 Å². The third kappa shape index (κ3) is 3.89. The second-order valence-corrected chi connectivity index (χ2v) is 4.96. The summed E-state index contributed by atoms with van der Waals surface area (Å²) in [7, 11) is 0. The molecule has 0 saturated carbocycles. The summed E-state index contributed by atoms with van der Waals surface area (Å²) >= 11 is 5.98. The summed E-state index contributed by atoms with van der Waals surface area (Å²) < 4.78 is 19.2. The van der Waals surface area contributed by atoms with Crippen LogP contribution in [0.25, 0.3) is 0 Å². The second-order valence-electron chi connectivity index (χ2n) is 4.60. The molecule has 1 aromatic heterocycles. The van der Waals surface area contributed by atoms with Crippen LogP contribution in [0.4, 0.5) is 4.39 Å². The van der Waals surface area contributed by atoms with Crippen LogP contribution in [0.1, 0.15) is 37.1 Å². The molecule has 1 atom stereocenters. The van der Waals surface area contributed by atoms with Gasteiger partial charge in [-0.25, -0.2) is 9.37 Å². The van der Waals surface area contributed by atoms with E-state index in [9.17, 15) is 4.39 Å². The number of rotatable bonds is 6. The Labute approximate surface area is 128 Å². The molecule has 2 rings (SSSR count). The van der Waals surface area contributed by atoms with Gasteiger partial charge in [-0.1, -0.05) is 31.0 Å². The molecular weight excluding hydrogens is 293 g/mol. The van der Waals surface area contributed by atoms with Gasteiger partial charge in [0.1, 0.15) is 0 Å². The summed E-state index contributed by atoms with van der Waals surface area (Å²) in [4.78, 5) is 8.07. The van der Waals surface area contributed by atoms with Gasteiger partial charge in [0.15, 0.2) is 16.7 Å². The van der Waals surface area contributed by atoms with E-state index < -0.39 is 11.9 Å². The Balaban J connectivity index is 2.23. The van der Waals surface area contributed by atoms with Crippen molar-refractivity contribution in [2.75, 3.05) is 6.61 Å². The summed E-state index contributed by atoms with van der Waals surface area (Å²) in [5.41, 5.74) is 7.25. The van der Waals surface area contributed by atoms with Gasteiger partial charge >= 0.3 is 0 Å². The highest BCUT2D eigenvalue weighted by molar-refractivity contribution is 6.30. The van der Waals surface area contributed by atoms with Crippen molar-refractivity contribution in [3.05, 3.63) is 52.8 Å². The van der Waals surface area contributed by atoms with Crippen molar-refractivity contribution in [1.82, 2.24) is 9.97 Å². The van der Waals surface area contributed by atoms with Crippen LogP contribution in [0.2, 0.25) is 5.15 Å². The van der Waals surface area contributed by atoms with E-state index in [0.717, 1.165) is 12.8 Å². The zero-order chi connectivity index (χ0) is 15.2. The van der Waals surface area contributed by atoms with Gasteiger partial charge in [0, 0.05) is 12.4 Å². The van der Waals surface area contributed by atoms with Gasteiger partial charge < -0.3 is 10.5 Å². The molecule has 6 heteroatoms. The Hall–Kier alpha value is -1.72. The van der Waals surface area contributed by atoms with Gasteiger partial charge in [-0.3, -0.25) is 4.98 Å². The maximum Gasteiger partial charge on any atom is 0.165 e. The summed E-state index contributed by atoms with van der Waals surface area (Å²) in [6, 6.07) is 3.93. The van der Waals surface area contributed by atoms with E-state index in [4.69, 9.17) is 22.1 Å². The molecule has 0 fully saturated rings. The fourth-order valence-corrected chi connectivity index (χ4v) is 2.07. The Morgan fingerprint density at radius 2 is 2.10 bits per heavy atom. The lowest BCUT2D eigenvalue weighted by Gasteiger charge is -2.14. The largest absolute Gasteiger partial charge is 0.491 e. The molecule has 0 aliphatic heterocycles. The highest BCUT2D eigenvalue weighted by Crippen LogP contribution is 2.27. The van der Waals surface area contributed by atoms with Gasteiger partial charge in [0.25, 0.3) is 0 Å². The van der Waals surface area contributed by atoms with Gasteiger partial charge in [-0.05, 0) is 24.1 Å². The number of hydrogen-bond acceptors (Lipinski definition) is 4. The highest BCUT2D eigenvalue weighted by Gasteiger charge is 2.16. The molecule has 0 radical (unpaired) electrons. The predicted molar refractivity (Wildman–Crippen MR) is 79.9 cm³/mol. The zero-order valence-electron chi connectivity index (χ0n) is 11.7. The van der Waals surface area contributed by atoms with Gasteiger partial charge in [0.2, 0.25) is 0 Å². The summed E-state index contributed by atoms with van der Waals surface area (Å²) in [6.07, 6.45) is 4.85. The molecule has 2 N–H and O–H groups in total. The molecule has 21 heavy (non-hydrogen) atoms. The molecule has 2 aromatic rings. The third-order valence-electron chi connectivity index (χ3n) is 3.04. The molecule has 0 aliphatic carbocycles. The Bertz CT molecular complexity index is 609. The molecule has 1 heterocycles. The highest BCUT2D eigenvalue weighted by atomic mass is 35.5. The Morgan fingerprint density at radius 3 is 2.81 bits per heavy atom. The lowest BCUT2D eigenvalue weighted by atomic mass is 10.0. The molecule has 4 nitrogen and oxygen atoms in total. The zero-order valence-corrected chi connectivity index (χ0v) is 12.5. The van der Waals surface area contributed by atoms with Crippen molar-refractivity contribution < 1.29 is 9.13 Å². The standard InChI is InChI=1S/C15H17ClFN3O/c1-2-3-8-21-12-9-10(4-5-11(12)17)13(18)14-15(16)20-7-6-19-14/h4-7,9,13H,2-3,8,18H2,1H3. The van der Waals surface area contributed by atoms with Crippen molar-refractivity contribution in [3.63, 3.8) is 0 Å². The van der Waals surface area contributed by atoms with Crippen LogP contribution in [0, 0.1) is 5.82 Å². The first-order valence-corrected chi connectivity index (χ1v) is 7.15. The number of unbranched alkanes of at least 4 members (excludes halogenated alkanes) is 1. The predicted octanol–water partition coefficient (Wildman–Crippen LogP) is 3.50. The van der Waals surface area contributed by atoms with Crippen LogP contribution in [0.15, 0.2) is 30.6 Å². The minimum atomic E-state index is -0.583. The van der Waals surface area contributed by atoms with E-state index in [2.05, 4.69) is 9.97 Å². The van der Waals surface area contributed by atoms with E-state index in [1.807, 2.05) is 6.92 Å². The number of aromatic nitrogens is 2. The SMILES string of the molecule is CCCCOc1cc(C(N)c2nccnc2Cl)ccc1F. The topological polar surface area (TPSA) is 61.0 Å². The van der Waals surface area contributed by atoms with Crippen molar-refractivity contribution in [3.8, 4) is 5.75 Å². The molecule has 112 valence electrons. The number of ether oxygens (including phenoxy) is 1. The molecule has 0 aliphatic rings. The van der Waals surface area contributed by atoms with Crippen LogP contribution < -0.4 is 10.5 Å².